The fourth-order valence-corrected chi connectivity index (χ4v) is 5.60. The molecule has 0 aromatic heterocycles. The van der Waals surface area contributed by atoms with Gasteiger partial charge in [0.25, 0.3) is 10.0 Å². The average Bonchev–Trinajstić information content (AvgIpc) is 3.20. The van der Waals surface area contributed by atoms with Gasteiger partial charge in [-0.3, -0.25) is 4.72 Å². The molecule has 3 aromatic rings. The lowest BCUT2D eigenvalue weighted by Crippen LogP contribution is -2.27. The fraction of sp³-hybridized carbons (Fsp3) is 0.136. The summed E-state index contributed by atoms with van der Waals surface area (Å²) in [6, 6.07) is 17.1. The molecule has 0 unspecified atom stereocenters. The van der Waals surface area contributed by atoms with E-state index in [-0.39, 0.29) is 11.3 Å². The molecule has 0 aliphatic carbocycles. The molecule has 1 heterocycles. The molecule has 1 atom stereocenters. The number of halogens is 2. The van der Waals surface area contributed by atoms with Gasteiger partial charge in [-0.25, -0.2) is 12.8 Å². The van der Waals surface area contributed by atoms with Crippen molar-refractivity contribution in [2.24, 2.45) is 5.10 Å². The molecule has 0 bridgehead atoms. The number of hydrogen-bond acceptors (Lipinski definition) is 5. The summed E-state index contributed by atoms with van der Waals surface area (Å²) in [6.45, 7) is 0. The first kappa shape index (κ1) is 23.2. The predicted molar refractivity (Wildman–Crippen MR) is 126 cm³/mol. The molecule has 1 N–H and O–H groups in total. The van der Waals surface area contributed by atoms with Gasteiger partial charge >= 0.3 is 0 Å². The highest BCUT2D eigenvalue weighted by Gasteiger charge is 2.37. The Morgan fingerprint density at radius 2 is 1.55 bits per heavy atom. The number of nitrogens with zero attached hydrogens (tertiary/aromatic N) is 2. The Hall–Kier alpha value is -2.95. The molecule has 1 aliphatic heterocycles. The second-order valence-corrected chi connectivity index (χ2v) is 11.5. The first-order chi connectivity index (χ1) is 15.5. The second-order valence-electron chi connectivity index (χ2n) is 7.50. The normalized spacial score (nSPS) is 16.5. The SMILES string of the molecule is CS(=O)(=O)Nc1ccc(C2=NN(S(=O)(=O)c3ccc(Cl)cc3)[C@@H](c3ccc(F)cc3)C2)cc1. The van der Waals surface area contributed by atoms with Gasteiger partial charge in [0.2, 0.25) is 10.0 Å². The predicted octanol–water partition coefficient (Wildman–Crippen LogP) is 4.39. The van der Waals surface area contributed by atoms with Crippen LogP contribution in [0.25, 0.3) is 0 Å². The third kappa shape index (κ3) is 5.18. The molecule has 0 spiro atoms. The Morgan fingerprint density at radius 1 is 0.939 bits per heavy atom. The summed E-state index contributed by atoms with van der Waals surface area (Å²) in [5.41, 5.74) is 2.09. The molecule has 0 radical (unpaired) electrons. The van der Waals surface area contributed by atoms with Crippen molar-refractivity contribution in [2.45, 2.75) is 17.4 Å². The van der Waals surface area contributed by atoms with E-state index in [2.05, 4.69) is 9.82 Å². The van der Waals surface area contributed by atoms with Crippen LogP contribution in [-0.2, 0) is 20.0 Å². The quantitative estimate of drug-likeness (QED) is 0.535. The number of hydrogen-bond donors (Lipinski definition) is 1. The van der Waals surface area contributed by atoms with Gasteiger partial charge in [-0.1, -0.05) is 35.9 Å². The Kier molecular flexibility index (Phi) is 6.17. The number of rotatable bonds is 6. The zero-order valence-corrected chi connectivity index (χ0v) is 19.7. The lowest BCUT2D eigenvalue weighted by molar-refractivity contribution is 0.371. The van der Waals surface area contributed by atoms with Crippen LogP contribution in [0.3, 0.4) is 0 Å². The zero-order valence-electron chi connectivity index (χ0n) is 17.3. The highest BCUT2D eigenvalue weighted by atomic mass is 35.5. The van der Waals surface area contributed by atoms with Crippen LogP contribution in [0.2, 0.25) is 5.02 Å². The molecule has 33 heavy (non-hydrogen) atoms. The summed E-state index contributed by atoms with van der Waals surface area (Å²) in [5, 5.41) is 4.81. The van der Waals surface area contributed by atoms with Crippen LogP contribution in [0.1, 0.15) is 23.6 Å². The summed E-state index contributed by atoms with van der Waals surface area (Å²) in [4.78, 5) is 0.0247. The standard InChI is InChI=1S/C22H19ClFN3O4S2/c1-32(28,29)26-19-10-4-15(5-11-19)21-14-22(16-2-8-18(24)9-3-16)27(25-21)33(30,31)20-12-6-17(23)7-13-20/h2-13,22,26H,14H2,1H3/t22-/m1/s1. The minimum atomic E-state index is -4.03. The molecule has 0 saturated heterocycles. The van der Waals surface area contributed by atoms with Crippen molar-refractivity contribution in [1.29, 1.82) is 0 Å². The summed E-state index contributed by atoms with van der Waals surface area (Å²) in [7, 11) is -7.46. The van der Waals surface area contributed by atoms with Gasteiger partial charge in [0, 0.05) is 17.1 Å². The number of hydrazone groups is 1. The largest absolute Gasteiger partial charge is 0.284 e. The average molecular weight is 508 g/mol. The number of sulfonamides is 2. The van der Waals surface area contributed by atoms with E-state index in [1.54, 1.807) is 24.3 Å². The molecule has 4 rings (SSSR count). The van der Waals surface area contributed by atoms with Crippen molar-refractivity contribution in [3.8, 4) is 0 Å². The highest BCUT2D eigenvalue weighted by molar-refractivity contribution is 7.92. The topological polar surface area (TPSA) is 95.9 Å². The van der Waals surface area contributed by atoms with E-state index >= 15 is 0 Å². The summed E-state index contributed by atoms with van der Waals surface area (Å²) < 4.78 is 66.6. The molecule has 7 nitrogen and oxygen atoms in total. The number of benzene rings is 3. The van der Waals surface area contributed by atoms with E-state index in [1.807, 2.05) is 0 Å². The van der Waals surface area contributed by atoms with E-state index < -0.39 is 31.9 Å². The van der Waals surface area contributed by atoms with Gasteiger partial charge in [0.15, 0.2) is 0 Å². The van der Waals surface area contributed by atoms with Crippen molar-refractivity contribution >= 4 is 43.0 Å². The van der Waals surface area contributed by atoms with E-state index in [0.29, 0.717) is 27.5 Å². The van der Waals surface area contributed by atoms with Crippen LogP contribution in [0, 0.1) is 5.82 Å². The first-order valence-corrected chi connectivity index (χ1v) is 13.4. The van der Waals surface area contributed by atoms with E-state index in [4.69, 9.17) is 11.6 Å². The molecule has 172 valence electrons. The molecular formula is C22H19ClFN3O4S2. The lowest BCUT2D eigenvalue weighted by Gasteiger charge is -2.23. The van der Waals surface area contributed by atoms with Gasteiger partial charge < -0.3 is 0 Å². The van der Waals surface area contributed by atoms with Crippen LogP contribution in [0.4, 0.5) is 10.1 Å². The van der Waals surface area contributed by atoms with Crippen LogP contribution in [0.15, 0.2) is 82.8 Å². The zero-order chi connectivity index (χ0) is 23.8. The van der Waals surface area contributed by atoms with Gasteiger partial charge in [-0.2, -0.15) is 17.9 Å². The van der Waals surface area contributed by atoms with Crippen LogP contribution in [-0.4, -0.2) is 33.2 Å². The minimum Gasteiger partial charge on any atom is -0.284 e. The van der Waals surface area contributed by atoms with Crippen LogP contribution < -0.4 is 4.72 Å². The van der Waals surface area contributed by atoms with Gasteiger partial charge in [-0.15, -0.1) is 0 Å². The monoisotopic (exact) mass is 507 g/mol. The minimum absolute atomic E-state index is 0.0247. The van der Waals surface area contributed by atoms with Crippen LogP contribution in [0.5, 0.6) is 0 Å². The molecule has 1 aliphatic rings. The molecule has 11 heteroatoms. The van der Waals surface area contributed by atoms with Crippen molar-refractivity contribution in [3.63, 3.8) is 0 Å². The molecule has 0 amide bonds. The van der Waals surface area contributed by atoms with Gasteiger partial charge in [0.1, 0.15) is 5.82 Å². The van der Waals surface area contributed by atoms with E-state index in [0.717, 1.165) is 10.7 Å². The second kappa shape index (κ2) is 8.77. The summed E-state index contributed by atoms with van der Waals surface area (Å²) >= 11 is 5.90. The van der Waals surface area contributed by atoms with Crippen LogP contribution >= 0.6 is 11.6 Å². The molecule has 0 saturated carbocycles. The molecular weight excluding hydrogens is 489 g/mol. The van der Waals surface area contributed by atoms with Crippen molar-refractivity contribution < 1.29 is 21.2 Å². The smallest absolute Gasteiger partial charge is 0.279 e. The van der Waals surface area contributed by atoms with Crippen molar-refractivity contribution in [2.75, 3.05) is 11.0 Å². The fourth-order valence-electron chi connectivity index (χ4n) is 3.48. The maximum absolute atomic E-state index is 13.5. The molecule has 3 aromatic carbocycles. The first-order valence-electron chi connectivity index (χ1n) is 9.74. The van der Waals surface area contributed by atoms with E-state index in [9.17, 15) is 21.2 Å². The lowest BCUT2D eigenvalue weighted by atomic mass is 9.99. The maximum atomic E-state index is 13.5. The van der Waals surface area contributed by atoms with Crippen molar-refractivity contribution in [1.82, 2.24) is 4.41 Å². The Balaban J connectivity index is 1.73. The van der Waals surface area contributed by atoms with Crippen molar-refractivity contribution in [3.05, 3.63) is 94.8 Å². The third-order valence-electron chi connectivity index (χ3n) is 5.01. The Bertz CT molecular complexity index is 1410. The highest BCUT2D eigenvalue weighted by Crippen LogP contribution is 2.37. The number of anilines is 1. The third-order valence-corrected chi connectivity index (χ3v) is 7.56. The maximum Gasteiger partial charge on any atom is 0.279 e. The summed E-state index contributed by atoms with van der Waals surface area (Å²) in [5.74, 6) is -0.432. The molecule has 0 fully saturated rings. The Labute approximate surface area is 196 Å². The van der Waals surface area contributed by atoms with E-state index in [1.165, 1.54) is 48.5 Å². The Morgan fingerprint density at radius 3 is 2.12 bits per heavy atom. The summed E-state index contributed by atoms with van der Waals surface area (Å²) in [6.07, 6.45) is 1.30. The number of nitrogens with one attached hydrogen (secondary N) is 1. The van der Waals surface area contributed by atoms with Gasteiger partial charge in [0.05, 0.1) is 22.9 Å². The van der Waals surface area contributed by atoms with Gasteiger partial charge in [-0.05, 0) is 59.7 Å².